The molecule has 0 fully saturated rings. The van der Waals surface area contributed by atoms with E-state index in [9.17, 15) is 4.79 Å². The number of aromatic nitrogens is 1. The van der Waals surface area contributed by atoms with Crippen LogP contribution in [0.25, 0.3) is 10.2 Å². The number of thiazole rings is 1. The molecule has 1 aromatic heterocycles. The zero-order valence-electron chi connectivity index (χ0n) is 15.9. The number of hydrogen-bond acceptors (Lipinski definition) is 4. The second-order valence-electron chi connectivity index (χ2n) is 6.96. The van der Waals surface area contributed by atoms with Crippen LogP contribution in [-0.4, -0.2) is 17.4 Å². The summed E-state index contributed by atoms with van der Waals surface area (Å²) < 4.78 is 1.18. The molecule has 4 nitrogen and oxygen atoms in total. The first kappa shape index (κ1) is 23.2. The fraction of sp³-hybridized carbons (Fsp3) is 0.273. The molecule has 7 heteroatoms. The Hall–Kier alpha value is -2.08. The Bertz CT molecular complexity index is 939. The summed E-state index contributed by atoms with van der Waals surface area (Å²) in [5.74, 6) is 0.227. The van der Waals surface area contributed by atoms with Gasteiger partial charge in [0.15, 0.2) is 0 Å². The predicted octanol–water partition coefficient (Wildman–Crippen LogP) is 5.13. The SMILES string of the molecule is Cl.Cl.Nc1ccc(CCNC(=O)C2CC=CCC2c2nc3ccccc3s2)cc1. The monoisotopic (exact) mass is 449 g/mol. The van der Waals surface area contributed by atoms with Crippen molar-refractivity contribution in [1.29, 1.82) is 0 Å². The van der Waals surface area contributed by atoms with Crippen LogP contribution in [0.2, 0.25) is 0 Å². The van der Waals surface area contributed by atoms with Gasteiger partial charge in [0.2, 0.25) is 5.91 Å². The summed E-state index contributed by atoms with van der Waals surface area (Å²) >= 11 is 1.71. The lowest BCUT2D eigenvalue weighted by molar-refractivity contribution is -0.125. The third-order valence-electron chi connectivity index (χ3n) is 5.09. The van der Waals surface area contributed by atoms with Crippen LogP contribution in [0.4, 0.5) is 5.69 Å². The molecule has 0 bridgehead atoms. The van der Waals surface area contributed by atoms with Gasteiger partial charge in [-0.25, -0.2) is 4.98 Å². The van der Waals surface area contributed by atoms with E-state index in [2.05, 4.69) is 23.5 Å². The smallest absolute Gasteiger partial charge is 0.224 e. The molecule has 2 atom stereocenters. The second-order valence-corrected chi connectivity index (χ2v) is 8.02. The molecule has 1 amide bonds. The molecule has 0 aliphatic heterocycles. The minimum Gasteiger partial charge on any atom is -0.399 e. The third-order valence-corrected chi connectivity index (χ3v) is 6.26. The number of nitrogens with one attached hydrogen (secondary N) is 1. The van der Waals surface area contributed by atoms with Crippen LogP contribution < -0.4 is 11.1 Å². The Morgan fingerprint density at radius 3 is 2.55 bits per heavy atom. The van der Waals surface area contributed by atoms with E-state index in [0.29, 0.717) is 6.54 Å². The van der Waals surface area contributed by atoms with E-state index in [1.54, 1.807) is 11.3 Å². The molecular weight excluding hydrogens is 425 g/mol. The van der Waals surface area contributed by atoms with Crippen molar-refractivity contribution in [2.24, 2.45) is 5.92 Å². The van der Waals surface area contributed by atoms with Gasteiger partial charge in [0.05, 0.1) is 21.1 Å². The first-order chi connectivity index (χ1) is 13.2. The largest absolute Gasteiger partial charge is 0.399 e. The van der Waals surface area contributed by atoms with Crippen LogP contribution >= 0.6 is 36.2 Å². The molecule has 1 aliphatic rings. The van der Waals surface area contributed by atoms with Crippen molar-refractivity contribution in [1.82, 2.24) is 10.3 Å². The number of halogens is 2. The first-order valence-corrected chi connectivity index (χ1v) is 10.1. The summed E-state index contributed by atoms with van der Waals surface area (Å²) in [6.45, 7) is 0.634. The topological polar surface area (TPSA) is 68.0 Å². The van der Waals surface area contributed by atoms with Gasteiger partial charge in [-0.1, -0.05) is 36.4 Å². The van der Waals surface area contributed by atoms with Gasteiger partial charge in [-0.05, 0) is 49.1 Å². The zero-order chi connectivity index (χ0) is 18.6. The highest BCUT2D eigenvalue weighted by atomic mass is 35.5. The summed E-state index contributed by atoms with van der Waals surface area (Å²) in [7, 11) is 0. The summed E-state index contributed by atoms with van der Waals surface area (Å²) in [4.78, 5) is 17.7. The number of rotatable bonds is 5. The van der Waals surface area contributed by atoms with Crippen molar-refractivity contribution < 1.29 is 4.79 Å². The van der Waals surface area contributed by atoms with Crippen LogP contribution in [-0.2, 0) is 11.2 Å². The number of hydrogen-bond donors (Lipinski definition) is 2. The molecule has 1 heterocycles. The van der Waals surface area contributed by atoms with Gasteiger partial charge in [0, 0.05) is 18.2 Å². The molecule has 0 spiro atoms. The van der Waals surface area contributed by atoms with E-state index in [-0.39, 0.29) is 42.6 Å². The minimum absolute atomic E-state index is 0. The zero-order valence-corrected chi connectivity index (χ0v) is 18.4. The number of fused-ring (bicyclic) bond motifs is 1. The fourth-order valence-electron chi connectivity index (χ4n) is 3.57. The summed E-state index contributed by atoms with van der Waals surface area (Å²) in [5, 5.41) is 4.19. The van der Waals surface area contributed by atoms with E-state index < -0.39 is 0 Å². The maximum atomic E-state index is 12.9. The molecule has 0 saturated heterocycles. The lowest BCUT2D eigenvalue weighted by Gasteiger charge is -2.26. The number of para-hydroxylation sites is 1. The fourth-order valence-corrected chi connectivity index (χ4v) is 4.72. The molecular formula is C22H25Cl2N3OS. The number of nitrogens with zero attached hydrogens (tertiary/aromatic N) is 1. The lowest BCUT2D eigenvalue weighted by atomic mass is 9.82. The van der Waals surface area contributed by atoms with E-state index in [1.165, 1.54) is 10.3 Å². The van der Waals surface area contributed by atoms with Gasteiger partial charge in [0.1, 0.15) is 0 Å². The number of carbonyl (C=O) groups is 1. The van der Waals surface area contributed by atoms with Crippen LogP contribution in [0, 0.1) is 5.92 Å². The van der Waals surface area contributed by atoms with E-state index in [1.807, 2.05) is 42.5 Å². The minimum atomic E-state index is -0.0537. The Balaban J connectivity index is 0.00000150. The Morgan fingerprint density at radius 1 is 1.07 bits per heavy atom. The molecule has 3 aromatic rings. The molecule has 0 saturated carbocycles. The Kier molecular flexibility index (Phi) is 8.50. The van der Waals surface area contributed by atoms with Crippen molar-refractivity contribution in [3.63, 3.8) is 0 Å². The molecule has 3 N–H and O–H groups in total. The van der Waals surface area contributed by atoms with E-state index >= 15 is 0 Å². The van der Waals surface area contributed by atoms with Crippen molar-refractivity contribution in [3.05, 3.63) is 71.3 Å². The van der Waals surface area contributed by atoms with Gasteiger partial charge in [-0.3, -0.25) is 4.79 Å². The van der Waals surface area contributed by atoms with E-state index in [0.717, 1.165) is 35.5 Å². The Labute approximate surface area is 187 Å². The Morgan fingerprint density at radius 2 is 1.79 bits per heavy atom. The molecule has 1 aliphatic carbocycles. The van der Waals surface area contributed by atoms with Crippen LogP contribution in [0.15, 0.2) is 60.7 Å². The van der Waals surface area contributed by atoms with Crippen molar-refractivity contribution in [2.75, 3.05) is 12.3 Å². The number of benzene rings is 2. The lowest BCUT2D eigenvalue weighted by Crippen LogP contribution is -2.36. The van der Waals surface area contributed by atoms with Gasteiger partial charge >= 0.3 is 0 Å². The second kappa shape index (κ2) is 10.6. The van der Waals surface area contributed by atoms with Crippen LogP contribution in [0.1, 0.15) is 29.3 Å². The quantitative estimate of drug-likeness (QED) is 0.418. The van der Waals surface area contributed by atoms with Crippen molar-refractivity contribution in [2.45, 2.75) is 25.2 Å². The molecule has 29 heavy (non-hydrogen) atoms. The highest BCUT2D eigenvalue weighted by Gasteiger charge is 2.32. The number of allylic oxidation sites excluding steroid dienone is 2. The van der Waals surface area contributed by atoms with Gasteiger partial charge in [0.25, 0.3) is 0 Å². The molecule has 4 rings (SSSR count). The summed E-state index contributed by atoms with van der Waals surface area (Å²) in [6.07, 6.45) is 6.74. The van der Waals surface area contributed by atoms with Gasteiger partial charge < -0.3 is 11.1 Å². The first-order valence-electron chi connectivity index (χ1n) is 9.33. The molecule has 2 unspecified atom stereocenters. The van der Waals surface area contributed by atoms with Crippen molar-refractivity contribution >= 4 is 58.0 Å². The van der Waals surface area contributed by atoms with Crippen LogP contribution in [0.5, 0.6) is 0 Å². The number of nitrogens with two attached hydrogens (primary N) is 1. The highest BCUT2D eigenvalue weighted by Crippen LogP contribution is 2.38. The normalized spacial score (nSPS) is 17.9. The summed E-state index contributed by atoms with van der Waals surface area (Å²) in [6, 6.07) is 16.0. The number of carbonyl (C=O) groups excluding carboxylic acids is 1. The number of nitrogen functional groups attached to an aromatic ring is 1. The standard InChI is InChI=1S/C22H23N3OS.2ClH/c23-16-11-9-15(10-12-16)13-14-24-21(26)17-5-1-2-6-18(17)22-25-19-7-3-4-8-20(19)27-22;;/h1-4,7-12,17-18H,5-6,13-14,23H2,(H,24,26);2*1H. The number of amides is 1. The van der Waals surface area contributed by atoms with Gasteiger partial charge in [-0.2, -0.15) is 0 Å². The predicted molar refractivity (Wildman–Crippen MR) is 126 cm³/mol. The maximum absolute atomic E-state index is 12.9. The molecule has 0 radical (unpaired) electrons. The maximum Gasteiger partial charge on any atom is 0.224 e. The van der Waals surface area contributed by atoms with Gasteiger partial charge in [-0.15, -0.1) is 36.2 Å². The molecule has 154 valence electrons. The van der Waals surface area contributed by atoms with E-state index in [4.69, 9.17) is 10.7 Å². The molecule has 2 aromatic carbocycles. The van der Waals surface area contributed by atoms with Crippen molar-refractivity contribution in [3.8, 4) is 0 Å². The summed E-state index contributed by atoms with van der Waals surface area (Å²) in [5.41, 5.74) is 8.68. The number of anilines is 1. The highest BCUT2D eigenvalue weighted by molar-refractivity contribution is 7.18. The van der Waals surface area contributed by atoms with Crippen LogP contribution in [0.3, 0.4) is 0 Å². The third kappa shape index (κ3) is 5.50. The average molecular weight is 450 g/mol. The average Bonchev–Trinajstić information content (AvgIpc) is 3.13.